The van der Waals surface area contributed by atoms with Gasteiger partial charge in [0, 0.05) is 33.3 Å². The zero-order chi connectivity index (χ0) is 24.8. The molecule has 4 heterocycles. The molecular formula is C21H24FN5O5SSi. The van der Waals surface area contributed by atoms with Crippen LogP contribution in [0.5, 0.6) is 0 Å². The molecule has 10 nitrogen and oxygen atoms in total. The number of sulfone groups is 1. The Labute approximate surface area is 196 Å². The fourth-order valence-corrected chi connectivity index (χ4v) is 4.97. The Kier molecular flexibility index (Phi) is 6.04. The molecule has 4 aromatic heterocycles. The number of pyridine rings is 1. The maximum Gasteiger partial charge on any atom is 0.339 e. The van der Waals surface area contributed by atoms with Gasteiger partial charge in [0.1, 0.15) is 35.0 Å². The first-order chi connectivity index (χ1) is 15.8. The third-order valence-corrected chi connectivity index (χ3v) is 7.82. The van der Waals surface area contributed by atoms with Gasteiger partial charge in [-0.15, -0.1) is 0 Å². The highest BCUT2D eigenvalue weighted by molar-refractivity contribution is 7.90. The predicted molar refractivity (Wildman–Crippen MR) is 126 cm³/mol. The average molecular weight is 506 g/mol. The molecular weight excluding hydrogens is 481 g/mol. The molecule has 0 amide bonds. The Hall–Kier alpha value is -3.16. The number of carbonyl (C=O) groups is 1. The van der Waals surface area contributed by atoms with Crippen molar-refractivity contribution in [2.24, 2.45) is 0 Å². The van der Waals surface area contributed by atoms with E-state index in [4.69, 9.17) is 4.74 Å². The second-order valence-corrected chi connectivity index (χ2v) is 16.7. The van der Waals surface area contributed by atoms with Gasteiger partial charge in [-0.2, -0.15) is 0 Å². The monoisotopic (exact) mass is 505 g/mol. The molecule has 0 aliphatic rings. The molecule has 0 aliphatic carbocycles. The number of carboxylic acids is 1. The topological polar surface area (TPSA) is 129 Å². The summed E-state index contributed by atoms with van der Waals surface area (Å²) in [4.78, 5) is 24.9. The molecule has 0 saturated heterocycles. The van der Waals surface area contributed by atoms with Crippen molar-refractivity contribution in [3.8, 4) is 11.4 Å². The van der Waals surface area contributed by atoms with E-state index in [-0.39, 0.29) is 34.4 Å². The maximum atomic E-state index is 13.8. The van der Waals surface area contributed by atoms with E-state index in [1.165, 1.54) is 24.5 Å². The number of rotatable bonds is 8. The van der Waals surface area contributed by atoms with Crippen LogP contribution in [-0.4, -0.2) is 64.3 Å². The number of imidazole rings is 1. The van der Waals surface area contributed by atoms with Crippen LogP contribution in [0, 0.1) is 5.82 Å². The van der Waals surface area contributed by atoms with E-state index in [1.54, 1.807) is 4.57 Å². The average Bonchev–Trinajstić information content (AvgIpc) is 3.28. The number of aromatic carboxylic acids is 1. The van der Waals surface area contributed by atoms with Crippen LogP contribution in [0.2, 0.25) is 25.7 Å². The van der Waals surface area contributed by atoms with Gasteiger partial charge in [0.25, 0.3) is 0 Å². The van der Waals surface area contributed by atoms with Gasteiger partial charge in [-0.25, -0.2) is 32.6 Å². The Morgan fingerprint density at radius 3 is 2.59 bits per heavy atom. The van der Waals surface area contributed by atoms with Crippen LogP contribution in [0.15, 0.2) is 35.9 Å². The molecule has 0 atom stereocenters. The van der Waals surface area contributed by atoms with Gasteiger partial charge in [0.05, 0.1) is 11.7 Å². The van der Waals surface area contributed by atoms with Gasteiger partial charge in [0.2, 0.25) is 15.0 Å². The Morgan fingerprint density at radius 2 is 1.94 bits per heavy atom. The van der Waals surface area contributed by atoms with Gasteiger partial charge in [-0.1, -0.05) is 19.6 Å². The fraction of sp³-hybridized carbons (Fsp3) is 0.333. The molecule has 0 aromatic carbocycles. The summed E-state index contributed by atoms with van der Waals surface area (Å²) in [6, 6.07) is 3.52. The predicted octanol–water partition coefficient (Wildman–Crippen LogP) is 3.30. The Balaban J connectivity index is 1.79. The van der Waals surface area contributed by atoms with E-state index in [9.17, 15) is 22.7 Å². The minimum atomic E-state index is -3.79. The highest BCUT2D eigenvalue weighted by Gasteiger charge is 2.23. The molecule has 34 heavy (non-hydrogen) atoms. The van der Waals surface area contributed by atoms with Gasteiger partial charge >= 0.3 is 5.97 Å². The number of hydrogen-bond donors (Lipinski definition) is 1. The molecule has 180 valence electrons. The van der Waals surface area contributed by atoms with Crippen LogP contribution in [-0.2, 0) is 21.3 Å². The van der Waals surface area contributed by atoms with Crippen LogP contribution in [0.3, 0.4) is 0 Å². The van der Waals surface area contributed by atoms with Gasteiger partial charge in [-0.05, 0) is 18.2 Å². The summed E-state index contributed by atoms with van der Waals surface area (Å²) in [5, 5.41) is 9.34. The van der Waals surface area contributed by atoms with Crippen molar-refractivity contribution in [2.75, 3.05) is 12.9 Å². The molecule has 1 N–H and O–H groups in total. The van der Waals surface area contributed by atoms with E-state index < -0.39 is 29.7 Å². The lowest BCUT2D eigenvalue weighted by molar-refractivity contribution is 0.0696. The number of aromatic nitrogens is 5. The van der Waals surface area contributed by atoms with E-state index in [0.717, 1.165) is 22.9 Å². The highest BCUT2D eigenvalue weighted by Crippen LogP contribution is 2.28. The van der Waals surface area contributed by atoms with Crippen LogP contribution in [0.25, 0.3) is 28.1 Å². The first-order valence-electron chi connectivity index (χ1n) is 10.4. The third kappa shape index (κ3) is 4.72. The zero-order valence-corrected chi connectivity index (χ0v) is 20.9. The molecule has 4 aromatic rings. The van der Waals surface area contributed by atoms with Crippen molar-refractivity contribution >= 4 is 40.6 Å². The van der Waals surface area contributed by atoms with E-state index in [0.29, 0.717) is 17.8 Å². The van der Waals surface area contributed by atoms with Crippen molar-refractivity contribution < 1.29 is 27.4 Å². The van der Waals surface area contributed by atoms with Gasteiger partial charge < -0.3 is 14.4 Å². The third-order valence-electron chi connectivity index (χ3n) is 5.17. The maximum absolute atomic E-state index is 13.8. The highest BCUT2D eigenvalue weighted by atomic mass is 32.2. The van der Waals surface area contributed by atoms with E-state index in [1.807, 2.05) is 0 Å². The lowest BCUT2D eigenvalue weighted by Gasteiger charge is -2.15. The normalized spacial score (nSPS) is 12.6. The fourth-order valence-electron chi connectivity index (χ4n) is 3.44. The number of ether oxygens (including phenoxy) is 1. The van der Waals surface area contributed by atoms with E-state index in [2.05, 4.69) is 34.6 Å². The molecule has 0 fully saturated rings. The summed E-state index contributed by atoms with van der Waals surface area (Å²) in [6.45, 7) is 7.38. The minimum Gasteiger partial charge on any atom is -0.478 e. The first-order valence-corrected chi connectivity index (χ1v) is 16.0. The molecule has 0 unspecified atom stereocenters. The van der Waals surface area contributed by atoms with Crippen molar-refractivity contribution in [1.29, 1.82) is 0 Å². The first kappa shape index (κ1) is 24.0. The van der Waals surface area contributed by atoms with Crippen LogP contribution in [0.4, 0.5) is 4.39 Å². The summed E-state index contributed by atoms with van der Waals surface area (Å²) in [6.07, 6.45) is 4.78. The summed E-state index contributed by atoms with van der Waals surface area (Å²) in [5.74, 6) is -1.83. The zero-order valence-electron chi connectivity index (χ0n) is 19.1. The number of hydrogen-bond acceptors (Lipinski definition) is 7. The molecule has 4 rings (SSSR count). The Morgan fingerprint density at radius 1 is 1.21 bits per heavy atom. The van der Waals surface area contributed by atoms with Crippen molar-refractivity contribution in [2.45, 2.75) is 37.6 Å². The molecule has 0 spiro atoms. The van der Waals surface area contributed by atoms with Crippen molar-refractivity contribution in [3.63, 3.8) is 0 Å². The summed E-state index contributed by atoms with van der Waals surface area (Å²) in [5.41, 5.74) is 0.948. The van der Waals surface area contributed by atoms with Crippen LogP contribution < -0.4 is 0 Å². The van der Waals surface area contributed by atoms with Crippen LogP contribution in [0.1, 0.15) is 10.4 Å². The quantitative estimate of drug-likeness (QED) is 0.285. The number of halogens is 1. The minimum absolute atomic E-state index is 0.0731. The summed E-state index contributed by atoms with van der Waals surface area (Å²) in [7, 11) is -5.07. The molecule has 13 heteroatoms. The summed E-state index contributed by atoms with van der Waals surface area (Å²) >= 11 is 0. The number of carboxylic acid groups (broad SMARTS) is 1. The van der Waals surface area contributed by atoms with Gasteiger partial charge in [0.15, 0.2) is 5.65 Å². The second-order valence-electron chi connectivity index (χ2n) is 9.21. The summed E-state index contributed by atoms with van der Waals surface area (Å²) < 4.78 is 46.7. The molecule has 0 bridgehead atoms. The lowest BCUT2D eigenvalue weighted by atomic mass is 10.2. The molecule has 0 aliphatic heterocycles. The second kappa shape index (κ2) is 8.56. The molecule has 0 radical (unpaired) electrons. The van der Waals surface area contributed by atoms with Gasteiger partial charge in [-0.3, -0.25) is 4.40 Å². The smallest absolute Gasteiger partial charge is 0.339 e. The number of fused-ring (bicyclic) bond motifs is 2. The Bertz CT molecular complexity index is 1520. The number of nitrogens with zero attached hydrogens (tertiary/aromatic N) is 5. The SMILES string of the molecule is C[Si](C)(C)CCOCn1cc(C(=O)O)c2nc(-c3nc(S(C)(=O)=O)n4cc(F)ccc34)cnc21. The standard InChI is InChI=1S/C21H24FN5O5SSi/c1-33(30,31)21-25-18(16-6-5-13(22)10-27(16)21)15-9-23-19-17(24-15)14(20(28)29)11-26(19)12-32-7-8-34(2,3)4/h5-6,9-11H,7-8,12H2,1-4H3,(H,28,29). The van der Waals surface area contributed by atoms with Crippen molar-refractivity contribution in [3.05, 3.63) is 42.1 Å². The molecule has 0 saturated carbocycles. The van der Waals surface area contributed by atoms with Crippen molar-refractivity contribution in [1.82, 2.24) is 23.9 Å². The lowest BCUT2D eigenvalue weighted by Crippen LogP contribution is -2.22. The largest absolute Gasteiger partial charge is 0.478 e. The van der Waals surface area contributed by atoms with Crippen LogP contribution >= 0.6 is 0 Å². The van der Waals surface area contributed by atoms with E-state index >= 15 is 0 Å².